The zero-order chi connectivity index (χ0) is 98.2. The summed E-state index contributed by atoms with van der Waals surface area (Å²) in [6.07, 6.45) is 2.82. The number of primary amides is 2. The summed E-state index contributed by atoms with van der Waals surface area (Å²) in [4.78, 5) is 277. The van der Waals surface area contributed by atoms with Crippen LogP contribution < -0.4 is 70.8 Å². The van der Waals surface area contributed by atoms with E-state index in [-0.39, 0.29) is 102 Å². The number of nitrogens with two attached hydrogens (primary N) is 4. The number of aliphatic carboxylic acids is 1. The number of aromatic amines is 3. The van der Waals surface area contributed by atoms with Crippen LogP contribution in [0.25, 0.3) is 21.8 Å². The molecular weight excluding hydrogens is 1750 g/mol. The zero-order valence-electron chi connectivity index (χ0n) is 77.0. The van der Waals surface area contributed by atoms with Gasteiger partial charge < -0.3 is 120 Å². The van der Waals surface area contributed by atoms with Crippen molar-refractivity contribution in [1.82, 2.24) is 87.3 Å². The number of hydrogen-bond donors (Lipinski definition) is 18. The first-order valence-corrected chi connectivity index (χ1v) is 46.4. The van der Waals surface area contributed by atoms with Crippen LogP contribution in [-0.2, 0) is 112 Å². The molecule has 2 aliphatic heterocycles. The Hall–Kier alpha value is -13.3. The van der Waals surface area contributed by atoms with Crippen molar-refractivity contribution in [2.24, 2.45) is 34.8 Å². The van der Waals surface area contributed by atoms with Crippen molar-refractivity contribution < 1.29 is 96.5 Å². The molecule has 3 aromatic heterocycles. The van der Waals surface area contributed by atoms with Gasteiger partial charge in [-0.3, -0.25) is 86.3 Å². The minimum Gasteiger partial charge on any atom is -0.508 e. The number of nitrogens with zero attached hydrogens (tertiary/aromatic N) is 5. The highest BCUT2D eigenvalue weighted by Crippen LogP contribution is 2.28. The van der Waals surface area contributed by atoms with Crippen molar-refractivity contribution in [3.8, 4) is 5.75 Å². The number of amides is 16. The number of rotatable bonds is 28. The summed E-state index contributed by atoms with van der Waals surface area (Å²) in [6.45, 7) is 6.04. The number of carboxylic acid groups (broad SMARTS) is 1. The van der Waals surface area contributed by atoms with E-state index < -0.39 is 235 Å². The fourth-order valence-corrected chi connectivity index (χ4v) is 17.3. The molecule has 0 aliphatic carbocycles. The summed E-state index contributed by atoms with van der Waals surface area (Å²) in [5, 5.41) is 45.6. The zero-order valence-corrected chi connectivity index (χ0v) is 77.8. The Kier molecular flexibility index (Phi) is 40.9. The van der Waals surface area contributed by atoms with Gasteiger partial charge in [0.2, 0.25) is 94.5 Å². The number of carbonyl (C=O) groups is 18. The Balaban J connectivity index is 1.20. The van der Waals surface area contributed by atoms with Gasteiger partial charge in [-0.05, 0) is 124 Å². The van der Waals surface area contributed by atoms with Gasteiger partial charge in [0, 0.05) is 131 Å². The third-order valence-corrected chi connectivity index (χ3v) is 24.9. The molecule has 2 aliphatic rings. The molecule has 8 rings (SSSR count). The normalized spacial score (nSPS) is 23.4. The molecule has 0 saturated carbocycles. The van der Waals surface area contributed by atoms with Crippen LogP contribution in [0.5, 0.6) is 5.75 Å². The van der Waals surface area contributed by atoms with E-state index in [4.69, 9.17) is 22.9 Å². The van der Waals surface area contributed by atoms with E-state index in [2.05, 4.69) is 62.8 Å². The predicted octanol–water partition coefficient (Wildman–Crippen LogP) is -0.450. The number of likely N-dealkylation sites (N-methyl/N-ethyl adjacent to an activating group) is 3. The molecule has 0 unspecified atom stereocenters. The maximum atomic E-state index is 15.8. The van der Waals surface area contributed by atoms with Crippen LogP contribution in [0.3, 0.4) is 0 Å². The topological polar surface area (TPSA) is 624 Å². The highest BCUT2D eigenvalue weighted by atomic mass is 32.2. The minimum atomic E-state index is -1.79. The van der Waals surface area contributed by atoms with Crippen LogP contribution in [0, 0.1) is 11.8 Å². The number of benzene rings is 3. The molecule has 5 heterocycles. The predicted molar refractivity (Wildman–Crippen MR) is 497 cm³/mol. The fraction of sp³-hybridized carbons (Fsp3) is 0.522. The summed E-state index contributed by atoms with van der Waals surface area (Å²) >= 11 is 0.794. The van der Waals surface area contributed by atoms with Crippen LogP contribution >= 0.6 is 11.8 Å². The van der Waals surface area contributed by atoms with Gasteiger partial charge in [0.15, 0.2) is 5.78 Å². The summed E-state index contributed by atoms with van der Waals surface area (Å²) in [5.41, 5.74) is 26.8. The van der Waals surface area contributed by atoms with Crippen LogP contribution in [-0.4, -0.2) is 300 Å². The standard InChI is InChI=1S/C92H129N21O20S/c1-9-11-24-73-86(127)104-67(39-52(3)4)84(125)108-72(82(123)100-48-77(96)117)50-134-51-78(118)101-69(40-54-27-29-59(114)30-28-54)88(129)109(6)53(5)80(121)106-71(45-76(95)116)91(132)113-37-18-26-74(113)87(128)105-68(44-58-19-17-36-97-58)85(126)103-66(31-32-79(119)120)90(131)112(38-35-94)49-60(115)42-55(41-56-46-98-63-22-15-13-20-61(56)63)81(122)102-65(33-34-93)83(124)107-70(43-57-47-99-64-23-16-14-21-62(57)64)89(130)111(8)75(25-12-10-2)92(133)110(73)7/h13-17,19-23,27-30,36,46-47,52-53,55,65-75,97-99,114H,9-12,18,24-26,31-35,37-45,48-51,93-94H2,1-8H3,(H2,95,116)(H2,96,117)(H,100,123)(H,101,118)(H,102,122)(H,103,126)(H,104,127)(H,105,128)(H,106,121)(H,107,124)(H,108,125)(H,119,120)/t53-,55+,65-,66-,67-,68-,69-,70-,71-,72-,73-,74-,75-/m0/s1. The van der Waals surface area contributed by atoms with Crippen LogP contribution in [0.1, 0.15) is 147 Å². The first-order chi connectivity index (χ1) is 63.8. The Labute approximate surface area is 780 Å². The Bertz CT molecular complexity index is 5120. The second kappa shape index (κ2) is 51.7. The van der Waals surface area contributed by atoms with E-state index >= 15 is 38.4 Å². The average molecular weight is 1880 g/mol. The lowest BCUT2D eigenvalue weighted by Crippen LogP contribution is -2.60. The van der Waals surface area contributed by atoms with Crippen molar-refractivity contribution in [2.45, 2.75) is 223 Å². The molecule has 0 bridgehead atoms. The number of nitrogens with one attached hydrogen (secondary N) is 12. The molecule has 3 aromatic carbocycles. The van der Waals surface area contributed by atoms with E-state index in [0.717, 1.165) is 26.5 Å². The molecular formula is C92H129N21O20S. The largest absolute Gasteiger partial charge is 0.508 e. The van der Waals surface area contributed by atoms with Crippen molar-refractivity contribution in [1.29, 1.82) is 0 Å². The van der Waals surface area contributed by atoms with Crippen LogP contribution in [0.2, 0.25) is 0 Å². The molecule has 13 atom stereocenters. The van der Waals surface area contributed by atoms with Gasteiger partial charge >= 0.3 is 5.97 Å². The van der Waals surface area contributed by atoms with Gasteiger partial charge in [0.1, 0.15) is 78.3 Å². The van der Waals surface area contributed by atoms with Gasteiger partial charge in [-0.1, -0.05) is 102 Å². The second-order valence-electron chi connectivity index (χ2n) is 34.5. The minimum absolute atomic E-state index is 0.0371. The number of ketones is 1. The fourth-order valence-electron chi connectivity index (χ4n) is 16.4. The van der Waals surface area contributed by atoms with Gasteiger partial charge in [-0.2, -0.15) is 0 Å². The maximum absolute atomic E-state index is 15.8. The number of H-pyrrole nitrogens is 3. The number of Topliss-reactive ketones (excluding diaryl/α,β-unsaturated/α-hetero) is 1. The molecule has 6 aromatic rings. The summed E-state index contributed by atoms with van der Waals surface area (Å²) < 4.78 is 0. The first-order valence-electron chi connectivity index (χ1n) is 45.2. The second-order valence-corrected chi connectivity index (χ2v) is 35.5. The third kappa shape index (κ3) is 30.7. The van der Waals surface area contributed by atoms with Gasteiger partial charge in [0.25, 0.3) is 0 Å². The monoisotopic (exact) mass is 1880 g/mol. The quantitative estimate of drug-likeness (QED) is 0.0296. The van der Waals surface area contributed by atoms with E-state index in [0.29, 0.717) is 69.9 Å². The van der Waals surface area contributed by atoms with E-state index in [1.807, 2.05) is 13.8 Å². The van der Waals surface area contributed by atoms with E-state index in [1.54, 1.807) is 86.9 Å². The molecule has 41 nitrogen and oxygen atoms in total. The highest BCUT2D eigenvalue weighted by molar-refractivity contribution is 8.00. The number of aromatic hydroxyl groups is 1. The third-order valence-electron chi connectivity index (χ3n) is 23.8. The van der Waals surface area contributed by atoms with E-state index in [9.17, 15) is 58.2 Å². The first kappa shape index (κ1) is 106. The number of para-hydroxylation sites is 2. The molecule has 42 heteroatoms. The molecule has 22 N–H and O–H groups in total. The molecule has 2 saturated heterocycles. The number of phenolic OH excluding ortho intramolecular Hbond substituents is 1. The Morgan fingerprint density at radius 2 is 1.12 bits per heavy atom. The number of fused-ring (bicyclic) bond motifs is 3. The Morgan fingerprint density at radius 3 is 1.72 bits per heavy atom. The number of hydrogen-bond acceptors (Lipinski definition) is 22. The summed E-state index contributed by atoms with van der Waals surface area (Å²) in [5.74, 6) is -19.5. The summed E-state index contributed by atoms with van der Waals surface area (Å²) in [6, 6.07) is 4.82. The SMILES string of the molecule is CCCC[C@H]1C(=O)N(C)[C@@H](CCCC)C(=O)N[C@@H](CC(C)C)C(=O)N[C@H](C(=O)NCC(N)=O)CSCC(=O)N[C@@H](Cc2ccc(O)cc2)C(=O)N(C)[C@@H](C)C(=O)N[C@@H](CC(N)=O)C(=O)N2CCC[C@H]2C(=O)N[C@@H](Cc2ccc[nH]2)C(=O)N[C@@H](CCC(=O)O)C(=O)N(CCN)CC(=O)C[C@@H](Cc2c[nH]c3ccccc23)C(=O)N[C@@H](CCN)C(=O)N[C@@H](Cc2c[nH]c3ccccc23)C(=O)N1C. The number of thioether (sulfide) groups is 1. The smallest absolute Gasteiger partial charge is 0.303 e. The van der Waals surface area contributed by atoms with Crippen molar-refractivity contribution in [3.05, 3.63) is 126 Å². The number of carboxylic acids is 1. The molecule has 0 radical (unpaired) electrons. The lowest BCUT2D eigenvalue weighted by atomic mass is 9.92. The Morgan fingerprint density at radius 1 is 0.545 bits per heavy atom. The average Bonchev–Trinajstić information content (AvgIpc) is 1.27. The van der Waals surface area contributed by atoms with Crippen LogP contribution in [0.4, 0.5) is 0 Å². The molecule has 0 spiro atoms. The molecule has 2 fully saturated rings. The molecule has 16 amide bonds. The van der Waals surface area contributed by atoms with E-state index in [1.165, 1.54) is 68.3 Å². The van der Waals surface area contributed by atoms with Crippen LogP contribution in [0.15, 0.2) is 104 Å². The number of aromatic nitrogens is 3. The molecule has 134 heavy (non-hydrogen) atoms. The van der Waals surface area contributed by atoms with Gasteiger partial charge in [0.05, 0.1) is 25.3 Å². The van der Waals surface area contributed by atoms with Crippen molar-refractivity contribution in [2.75, 3.05) is 71.9 Å². The lowest BCUT2D eigenvalue weighted by Gasteiger charge is -2.36. The number of carbonyl (C=O) groups excluding carboxylic acids is 17. The number of phenols is 1. The maximum Gasteiger partial charge on any atom is 0.303 e. The number of unbranched alkanes of at least 4 members (excludes halogenated alkanes) is 2. The van der Waals surface area contributed by atoms with Gasteiger partial charge in [-0.25, -0.2) is 0 Å². The highest BCUT2D eigenvalue weighted by Gasteiger charge is 2.44. The van der Waals surface area contributed by atoms with Gasteiger partial charge in [-0.15, -0.1) is 11.8 Å². The van der Waals surface area contributed by atoms with Crippen molar-refractivity contribution in [3.63, 3.8) is 0 Å². The summed E-state index contributed by atoms with van der Waals surface area (Å²) in [7, 11) is 4.00. The molecule has 728 valence electrons. The van der Waals surface area contributed by atoms with Crippen molar-refractivity contribution >= 4 is 140 Å². The lowest BCUT2D eigenvalue weighted by molar-refractivity contribution is -0.149.